The Bertz CT molecular complexity index is 921. The van der Waals surface area contributed by atoms with Crippen LogP contribution in [0.1, 0.15) is 58.9 Å². The van der Waals surface area contributed by atoms with Crippen LogP contribution in [0.3, 0.4) is 0 Å². The van der Waals surface area contributed by atoms with Crippen LogP contribution in [-0.2, 0) is 30.4 Å². The number of hydrogen-bond donors (Lipinski definition) is 6. The predicted molar refractivity (Wildman–Crippen MR) is 139 cm³/mol. The number of rotatable bonds is 16. The molecule has 0 radical (unpaired) electrons. The number of carbonyl (C=O) groups excluding carboxylic acids is 4. The fraction of sp³-hybridized carbons (Fsp3) is 0.577. The number of nitrogens with one attached hydrogen (secondary N) is 3. The summed E-state index contributed by atoms with van der Waals surface area (Å²) in [5, 5.41) is 17.3. The van der Waals surface area contributed by atoms with Crippen LogP contribution in [-0.4, -0.2) is 58.9 Å². The Balaban J connectivity index is 3.09. The van der Waals surface area contributed by atoms with Crippen LogP contribution < -0.4 is 27.4 Å². The second-order valence-corrected chi connectivity index (χ2v) is 10.1. The van der Waals surface area contributed by atoms with Gasteiger partial charge in [-0.25, -0.2) is 4.79 Å². The Labute approximate surface area is 218 Å². The lowest BCUT2D eigenvalue weighted by Gasteiger charge is -2.26. The Morgan fingerprint density at radius 3 is 1.78 bits per heavy atom. The zero-order chi connectivity index (χ0) is 28.1. The van der Waals surface area contributed by atoms with Gasteiger partial charge in [-0.05, 0) is 36.7 Å². The van der Waals surface area contributed by atoms with Crippen molar-refractivity contribution in [3.63, 3.8) is 0 Å². The molecule has 4 atom stereocenters. The van der Waals surface area contributed by atoms with Crippen molar-refractivity contribution in [2.24, 2.45) is 23.3 Å². The molecule has 1 aromatic rings. The highest BCUT2D eigenvalue weighted by Gasteiger charge is 2.31. The zero-order valence-corrected chi connectivity index (χ0v) is 22.0. The lowest BCUT2D eigenvalue weighted by molar-refractivity contribution is -0.143. The van der Waals surface area contributed by atoms with Gasteiger partial charge in [-0.2, -0.15) is 0 Å². The molecule has 0 spiro atoms. The van der Waals surface area contributed by atoms with Gasteiger partial charge in [-0.15, -0.1) is 0 Å². The van der Waals surface area contributed by atoms with E-state index in [1.54, 1.807) is 24.3 Å². The highest BCUT2D eigenvalue weighted by atomic mass is 16.4. The van der Waals surface area contributed by atoms with E-state index in [0.717, 1.165) is 5.56 Å². The Morgan fingerprint density at radius 1 is 0.784 bits per heavy atom. The smallest absolute Gasteiger partial charge is 0.326 e. The van der Waals surface area contributed by atoms with Crippen LogP contribution in [0, 0.1) is 11.8 Å². The summed E-state index contributed by atoms with van der Waals surface area (Å²) < 4.78 is 0. The van der Waals surface area contributed by atoms with E-state index in [0.29, 0.717) is 0 Å². The maximum Gasteiger partial charge on any atom is 0.326 e. The molecule has 0 fully saturated rings. The average Bonchev–Trinajstić information content (AvgIpc) is 2.80. The number of carbonyl (C=O) groups is 5. The molecule has 0 aliphatic carbocycles. The first-order chi connectivity index (χ1) is 17.3. The molecular formula is C26H41N5O6. The second kappa shape index (κ2) is 15.6. The maximum absolute atomic E-state index is 13.3. The second-order valence-electron chi connectivity index (χ2n) is 10.1. The number of nitrogens with two attached hydrogens (primary N) is 2. The number of primary amides is 1. The van der Waals surface area contributed by atoms with Gasteiger partial charge in [0, 0.05) is 12.8 Å². The van der Waals surface area contributed by atoms with Crippen molar-refractivity contribution < 1.29 is 29.1 Å². The lowest BCUT2D eigenvalue weighted by Crippen LogP contribution is -2.58. The van der Waals surface area contributed by atoms with Crippen molar-refractivity contribution in [3.05, 3.63) is 35.9 Å². The quantitative estimate of drug-likeness (QED) is 0.182. The standard InChI is InChI=1S/C26H41N5O6/c1-15(2)12-19(24(34)31-21(26(36)37)13-16(3)4)30-25(35)20(14-17-8-6-5-7-9-17)29-23(33)18(27)10-11-22(28)32/h5-9,15-16,18-21H,10-14,27H2,1-4H3,(H2,28,32)(H,29,33)(H,30,35)(H,31,34)(H,36,37). The van der Waals surface area contributed by atoms with Crippen molar-refractivity contribution in [1.29, 1.82) is 0 Å². The third-order valence-electron chi connectivity index (χ3n) is 5.62. The number of carboxylic acid groups (broad SMARTS) is 1. The van der Waals surface area contributed by atoms with E-state index in [1.165, 1.54) is 0 Å². The number of benzene rings is 1. The molecule has 11 nitrogen and oxygen atoms in total. The van der Waals surface area contributed by atoms with E-state index in [9.17, 15) is 29.1 Å². The number of amides is 4. The fourth-order valence-electron chi connectivity index (χ4n) is 3.71. The van der Waals surface area contributed by atoms with Crippen LogP contribution in [0.2, 0.25) is 0 Å². The molecule has 0 saturated heterocycles. The van der Waals surface area contributed by atoms with Crippen molar-refractivity contribution in [2.45, 2.75) is 84.0 Å². The largest absolute Gasteiger partial charge is 0.480 e. The number of hydrogen-bond acceptors (Lipinski definition) is 6. The minimum atomic E-state index is -1.16. The van der Waals surface area contributed by atoms with Crippen molar-refractivity contribution >= 4 is 29.6 Å². The normalized spacial score (nSPS) is 14.4. The van der Waals surface area contributed by atoms with Crippen molar-refractivity contribution in [2.75, 3.05) is 0 Å². The molecule has 4 amide bonds. The molecule has 1 aromatic carbocycles. The van der Waals surface area contributed by atoms with Gasteiger partial charge in [0.2, 0.25) is 23.6 Å². The summed E-state index contributed by atoms with van der Waals surface area (Å²) in [6, 6.07) is 4.75. The summed E-state index contributed by atoms with van der Waals surface area (Å²) >= 11 is 0. The predicted octanol–water partition coefficient (Wildman–Crippen LogP) is 0.453. The molecule has 0 aromatic heterocycles. The van der Waals surface area contributed by atoms with E-state index < -0.39 is 53.8 Å². The summed E-state index contributed by atoms with van der Waals surface area (Å²) in [5.74, 6) is -3.58. The number of carboxylic acids is 1. The molecule has 4 unspecified atom stereocenters. The van der Waals surface area contributed by atoms with E-state index in [-0.39, 0.29) is 43.9 Å². The van der Waals surface area contributed by atoms with Gasteiger partial charge < -0.3 is 32.5 Å². The minimum Gasteiger partial charge on any atom is -0.480 e. The van der Waals surface area contributed by atoms with Crippen molar-refractivity contribution in [1.82, 2.24) is 16.0 Å². The summed E-state index contributed by atoms with van der Waals surface area (Å²) in [6.07, 6.45) is 0.560. The molecule has 0 bridgehead atoms. The first-order valence-electron chi connectivity index (χ1n) is 12.5. The summed E-state index contributed by atoms with van der Waals surface area (Å²) in [6.45, 7) is 7.44. The highest BCUT2D eigenvalue weighted by molar-refractivity contribution is 5.94. The lowest BCUT2D eigenvalue weighted by atomic mass is 9.99. The van der Waals surface area contributed by atoms with Crippen LogP contribution in [0.4, 0.5) is 0 Å². The first-order valence-corrected chi connectivity index (χ1v) is 12.5. The third kappa shape index (κ3) is 12.4. The molecule has 8 N–H and O–H groups in total. The molecule has 37 heavy (non-hydrogen) atoms. The molecule has 0 heterocycles. The monoisotopic (exact) mass is 519 g/mol. The molecule has 11 heteroatoms. The van der Waals surface area contributed by atoms with Gasteiger partial charge in [-0.3, -0.25) is 19.2 Å². The van der Waals surface area contributed by atoms with Gasteiger partial charge in [-0.1, -0.05) is 58.0 Å². The van der Waals surface area contributed by atoms with Crippen LogP contribution >= 0.6 is 0 Å². The highest BCUT2D eigenvalue weighted by Crippen LogP contribution is 2.11. The van der Waals surface area contributed by atoms with Crippen LogP contribution in [0.15, 0.2) is 30.3 Å². The number of aliphatic carboxylic acids is 1. The van der Waals surface area contributed by atoms with E-state index in [2.05, 4.69) is 16.0 Å². The van der Waals surface area contributed by atoms with E-state index in [1.807, 2.05) is 33.8 Å². The summed E-state index contributed by atoms with van der Waals surface area (Å²) in [4.78, 5) is 61.7. The van der Waals surface area contributed by atoms with Gasteiger partial charge in [0.1, 0.15) is 18.1 Å². The minimum absolute atomic E-state index is 0.00816. The Kier molecular flexibility index (Phi) is 13.3. The Hall–Kier alpha value is -3.47. The first kappa shape index (κ1) is 31.6. The van der Waals surface area contributed by atoms with Crippen LogP contribution in [0.25, 0.3) is 0 Å². The van der Waals surface area contributed by atoms with E-state index >= 15 is 0 Å². The van der Waals surface area contributed by atoms with Gasteiger partial charge >= 0.3 is 5.97 Å². The Morgan fingerprint density at radius 2 is 1.27 bits per heavy atom. The van der Waals surface area contributed by atoms with Gasteiger partial charge in [0.15, 0.2) is 0 Å². The van der Waals surface area contributed by atoms with Gasteiger partial charge in [0.25, 0.3) is 0 Å². The molecule has 206 valence electrons. The molecule has 0 saturated carbocycles. The molecule has 0 aliphatic rings. The third-order valence-corrected chi connectivity index (χ3v) is 5.62. The zero-order valence-electron chi connectivity index (χ0n) is 22.0. The van der Waals surface area contributed by atoms with Gasteiger partial charge in [0.05, 0.1) is 6.04 Å². The average molecular weight is 520 g/mol. The van der Waals surface area contributed by atoms with Crippen molar-refractivity contribution in [3.8, 4) is 0 Å². The molecule has 1 rings (SSSR count). The maximum atomic E-state index is 13.3. The summed E-state index contributed by atoms with van der Waals surface area (Å²) in [7, 11) is 0. The topological polar surface area (TPSA) is 194 Å². The fourth-order valence-corrected chi connectivity index (χ4v) is 3.71. The SMILES string of the molecule is CC(C)CC(NC(=O)C(CC(C)C)NC(=O)C(Cc1ccccc1)NC(=O)C(N)CCC(N)=O)C(=O)O. The summed E-state index contributed by atoms with van der Waals surface area (Å²) in [5.41, 5.74) is 11.8. The van der Waals surface area contributed by atoms with E-state index in [4.69, 9.17) is 11.5 Å². The molecule has 0 aliphatic heterocycles. The molecular weight excluding hydrogens is 478 g/mol. The van der Waals surface area contributed by atoms with Crippen LogP contribution in [0.5, 0.6) is 0 Å².